The molecule has 146 valence electrons. The molecule has 6 nitrogen and oxygen atoms in total. The zero-order valence-corrected chi connectivity index (χ0v) is 16.2. The van der Waals surface area contributed by atoms with Gasteiger partial charge in [-0.1, -0.05) is 48.2 Å². The first kappa shape index (κ1) is 18.9. The number of ether oxygens (including phenoxy) is 2. The number of nitrogens with one attached hydrogen (secondary N) is 2. The highest BCUT2D eigenvalue weighted by molar-refractivity contribution is 7.99. The van der Waals surface area contributed by atoms with Gasteiger partial charge in [0.15, 0.2) is 11.5 Å². The van der Waals surface area contributed by atoms with E-state index in [-0.39, 0.29) is 13.3 Å². The third-order valence-electron chi connectivity index (χ3n) is 4.20. The summed E-state index contributed by atoms with van der Waals surface area (Å²) < 4.78 is 10.6. The Hall–Kier alpha value is -3.45. The molecule has 0 atom stereocenters. The molecule has 3 aromatic carbocycles. The number of rotatable bonds is 5. The van der Waals surface area contributed by atoms with Crippen molar-refractivity contribution in [1.29, 1.82) is 0 Å². The van der Waals surface area contributed by atoms with E-state index >= 15 is 0 Å². The van der Waals surface area contributed by atoms with Crippen molar-refractivity contribution >= 4 is 29.3 Å². The van der Waals surface area contributed by atoms with Crippen LogP contribution in [0.5, 0.6) is 11.5 Å². The molecule has 7 heteroatoms. The van der Waals surface area contributed by atoms with Gasteiger partial charge in [-0.15, -0.1) is 0 Å². The number of carbonyl (C=O) groups excluding carboxylic acids is 2. The van der Waals surface area contributed by atoms with Gasteiger partial charge in [0.25, 0.3) is 0 Å². The first-order valence-corrected chi connectivity index (χ1v) is 9.80. The van der Waals surface area contributed by atoms with Crippen molar-refractivity contribution in [2.24, 2.45) is 0 Å². The molecule has 0 saturated carbocycles. The quantitative estimate of drug-likeness (QED) is 0.630. The minimum absolute atomic E-state index is 0.188. The Bertz CT molecular complexity index is 1040. The highest BCUT2D eigenvalue weighted by Gasteiger charge is 2.17. The molecule has 1 heterocycles. The van der Waals surface area contributed by atoms with Gasteiger partial charge >= 0.3 is 11.8 Å². The highest BCUT2D eigenvalue weighted by Crippen LogP contribution is 2.33. The Labute approximate surface area is 172 Å². The van der Waals surface area contributed by atoms with E-state index in [2.05, 4.69) is 10.6 Å². The van der Waals surface area contributed by atoms with E-state index in [1.807, 2.05) is 54.6 Å². The lowest BCUT2D eigenvalue weighted by molar-refractivity contribution is -0.136. The van der Waals surface area contributed by atoms with E-state index in [0.29, 0.717) is 17.2 Å². The van der Waals surface area contributed by atoms with Crippen molar-refractivity contribution in [2.45, 2.75) is 16.3 Å². The first-order chi connectivity index (χ1) is 14.2. The number of anilines is 1. The molecule has 2 amide bonds. The topological polar surface area (TPSA) is 76.7 Å². The van der Waals surface area contributed by atoms with Crippen LogP contribution in [0.2, 0.25) is 0 Å². The van der Waals surface area contributed by atoms with Crippen LogP contribution in [0.15, 0.2) is 82.6 Å². The van der Waals surface area contributed by atoms with Crippen LogP contribution in [-0.4, -0.2) is 18.6 Å². The molecule has 0 spiro atoms. The van der Waals surface area contributed by atoms with Crippen molar-refractivity contribution < 1.29 is 19.1 Å². The highest BCUT2D eigenvalue weighted by atomic mass is 32.2. The fraction of sp³-hybridized carbons (Fsp3) is 0.0909. The molecule has 4 rings (SSSR count). The molecule has 0 aromatic heterocycles. The summed E-state index contributed by atoms with van der Waals surface area (Å²) in [6, 6.07) is 22.6. The molecule has 2 N–H and O–H groups in total. The molecule has 0 unspecified atom stereocenters. The third-order valence-corrected chi connectivity index (χ3v) is 5.29. The van der Waals surface area contributed by atoms with Gasteiger partial charge in [0.05, 0.1) is 5.69 Å². The number of para-hydroxylation sites is 1. The van der Waals surface area contributed by atoms with E-state index in [0.717, 1.165) is 15.4 Å². The maximum absolute atomic E-state index is 12.3. The number of fused-ring (bicyclic) bond motifs is 1. The Kier molecular flexibility index (Phi) is 5.67. The molecule has 0 saturated heterocycles. The van der Waals surface area contributed by atoms with Crippen LogP contribution in [0.4, 0.5) is 5.69 Å². The van der Waals surface area contributed by atoms with Gasteiger partial charge in [-0.3, -0.25) is 9.59 Å². The second-order valence-corrected chi connectivity index (χ2v) is 7.35. The first-order valence-electron chi connectivity index (χ1n) is 8.99. The number of amides is 2. The van der Waals surface area contributed by atoms with Gasteiger partial charge in [0.1, 0.15) is 0 Å². The van der Waals surface area contributed by atoms with Crippen molar-refractivity contribution in [3.8, 4) is 11.5 Å². The molecule has 3 aromatic rings. The van der Waals surface area contributed by atoms with E-state index in [1.54, 1.807) is 18.2 Å². The van der Waals surface area contributed by atoms with Crippen molar-refractivity contribution in [2.75, 3.05) is 12.1 Å². The lowest BCUT2D eigenvalue weighted by Gasteiger charge is -2.11. The summed E-state index contributed by atoms with van der Waals surface area (Å²) in [5, 5.41) is 5.32. The largest absolute Gasteiger partial charge is 0.454 e. The summed E-state index contributed by atoms with van der Waals surface area (Å²) in [6.45, 7) is 0.400. The molecule has 1 aliphatic rings. The van der Waals surface area contributed by atoms with Gasteiger partial charge in [-0.25, -0.2) is 0 Å². The Morgan fingerprint density at radius 3 is 2.48 bits per heavy atom. The number of benzene rings is 3. The predicted molar refractivity (Wildman–Crippen MR) is 110 cm³/mol. The van der Waals surface area contributed by atoms with Gasteiger partial charge in [-0.2, -0.15) is 0 Å². The third kappa shape index (κ3) is 4.70. The van der Waals surface area contributed by atoms with Crippen molar-refractivity contribution in [3.05, 3.63) is 78.4 Å². The van der Waals surface area contributed by atoms with Crippen LogP contribution < -0.4 is 20.1 Å². The fourth-order valence-electron chi connectivity index (χ4n) is 2.77. The average molecular weight is 406 g/mol. The van der Waals surface area contributed by atoms with Crippen LogP contribution in [0.3, 0.4) is 0 Å². The normalized spacial score (nSPS) is 11.7. The van der Waals surface area contributed by atoms with Crippen molar-refractivity contribution in [1.82, 2.24) is 5.32 Å². The molecule has 0 fully saturated rings. The zero-order valence-electron chi connectivity index (χ0n) is 15.4. The lowest BCUT2D eigenvalue weighted by atomic mass is 10.2. The molecular weight excluding hydrogens is 388 g/mol. The Morgan fingerprint density at radius 1 is 0.862 bits per heavy atom. The van der Waals surface area contributed by atoms with E-state index in [4.69, 9.17) is 9.47 Å². The molecule has 29 heavy (non-hydrogen) atoms. The summed E-state index contributed by atoms with van der Waals surface area (Å²) in [6.07, 6.45) is 0. The van der Waals surface area contributed by atoms with E-state index in [1.165, 1.54) is 11.8 Å². The van der Waals surface area contributed by atoms with Crippen LogP contribution >= 0.6 is 11.8 Å². The van der Waals surface area contributed by atoms with Crippen LogP contribution in [0.25, 0.3) is 0 Å². The van der Waals surface area contributed by atoms with Gasteiger partial charge < -0.3 is 20.1 Å². The van der Waals surface area contributed by atoms with Crippen LogP contribution in [0.1, 0.15) is 5.56 Å². The van der Waals surface area contributed by atoms with Crippen LogP contribution in [-0.2, 0) is 16.1 Å². The van der Waals surface area contributed by atoms with Crippen LogP contribution in [0, 0.1) is 0 Å². The second kappa shape index (κ2) is 8.70. The van der Waals surface area contributed by atoms with Crippen molar-refractivity contribution in [3.63, 3.8) is 0 Å². The minimum atomic E-state index is -0.716. The summed E-state index contributed by atoms with van der Waals surface area (Å²) in [4.78, 5) is 26.5. The fourth-order valence-corrected chi connectivity index (χ4v) is 3.69. The molecular formula is C22H18N2O4S. The number of carbonyl (C=O) groups is 2. The Balaban J connectivity index is 1.37. The second-order valence-electron chi connectivity index (χ2n) is 6.24. The smallest absolute Gasteiger partial charge is 0.313 e. The summed E-state index contributed by atoms with van der Waals surface area (Å²) in [7, 11) is 0. The maximum atomic E-state index is 12.3. The average Bonchev–Trinajstić information content (AvgIpc) is 3.22. The molecule has 1 aliphatic heterocycles. The van der Waals surface area contributed by atoms with Gasteiger partial charge in [-0.05, 0) is 42.0 Å². The Morgan fingerprint density at radius 2 is 1.62 bits per heavy atom. The lowest BCUT2D eigenvalue weighted by Crippen LogP contribution is -2.35. The number of hydrogen-bond acceptors (Lipinski definition) is 5. The van der Waals surface area contributed by atoms with Gasteiger partial charge in [0.2, 0.25) is 6.79 Å². The molecule has 0 aliphatic carbocycles. The standard InChI is InChI=1S/C22H18N2O4S/c25-21(23-13-15-10-11-18-19(12-15)28-14-27-18)22(26)24-17-8-4-5-9-20(17)29-16-6-2-1-3-7-16/h1-12H,13-14H2,(H,23,25)(H,24,26). The minimum Gasteiger partial charge on any atom is -0.454 e. The molecule has 0 bridgehead atoms. The SMILES string of the molecule is O=C(NCc1ccc2c(c1)OCO2)C(=O)Nc1ccccc1Sc1ccccc1. The van der Waals surface area contributed by atoms with E-state index < -0.39 is 11.8 Å². The zero-order chi connectivity index (χ0) is 20.1. The summed E-state index contributed by atoms with van der Waals surface area (Å²) in [5.74, 6) is -0.118. The number of hydrogen-bond donors (Lipinski definition) is 2. The molecule has 0 radical (unpaired) electrons. The maximum Gasteiger partial charge on any atom is 0.313 e. The summed E-state index contributed by atoms with van der Waals surface area (Å²) >= 11 is 1.52. The monoisotopic (exact) mass is 406 g/mol. The van der Waals surface area contributed by atoms with Gasteiger partial charge in [0, 0.05) is 16.3 Å². The van der Waals surface area contributed by atoms with E-state index in [9.17, 15) is 9.59 Å². The summed E-state index contributed by atoms with van der Waals surface area (Å²) in [5.41, 5.74) is 1.40. The predicted octanol–water partition coefficient (Wildman–Crippen LogP) is 3.82.